The maximum atomic E-state index is 12.7. The molecule has 1 fully saturated rings. The molecule has 0 unspecified atom stereocenters. The predicted octanol–water partition coefficient (Wildman–Crippen LogP) is 3.41. The van der Waals surface area contributed by atoms with E-state index in [0.29, 0.717) is 42.7 Å². The third kappa shape index (κ3) is 5.14. The number of alkyl halides is 3. The van der Waals surface area contributed by atoms with Gasteiger partial charge in [0.15, 0.2) is 5.11 Å². The second-order valence-electron chi connectivity index (χ2n) is 6.38. The van der Waals surface area contributed by atoms with Crippen molar-refractivity contribution >= 4 is 34.8 Å². The minimum absolute atomic E-state index is 0.410. The van der Waals surface area contributed by atoms with Crippen LogP contribution in [0.1, 0.15) is 15.9 Å². The van der Waals surface area contributed by atoms with Crippen molar-refractivity contribution in [2.24, 2.45) is 0 Å². The Balaban J connectivity index is 1.53. The molecule has 10 heteroatoms. The number of ether oxygens (including phenoxy) is 1. The molecule has 1 saturated heterocycles. The van der Waals surface area contributed by atoms with E-state index in [9.17, 15) is 18.0 Å². The zero-order valence-electron chi connectivity index (χ0n) is 15.6. The van der Waals surface area contributed by atoms with Crippen molar-refractivity contribution in [3.05, 3.63) is 53.7 Å². The van der Waals surface area contributed by atoms with Gasteiger partial charge < -0.3 is 19.9 Å². The molecule has 2 heterocycles. The lowest BCUT2D eigenvalue weighted by molar-refractivity contribution is -0.137. The van der Waals surface area contributed by atoms with Gasteiger partial charge in [-0.3, -0.25) is 0 Å². The Labute approximate surface area is 171 Å². The number of benzene rings is 1. The fourth-order valence-corrected chi connectivity index (χ4v) is 3.19. The van der Waals surface area contributed by atoms with Gasteiger partial charge in [-0.1, -0.05) is 0 Å². The number of piperazine rings is 1. The fraction of sp³-hybridized carbons (Fsp3) is 0.316. The Morgan fingerprint density at radius 2 is 1.76 bits per heavy atom. The minimum Gasteiger partial charge on any atom is -0.465 e. The van der Waals surface area contributed by atoms with E-state index in [4.69, 9.17) is 12.2 Å². The van der Waals surface area contributed by atoms with Crippen LogP contribution in [0, 0.1) is 0 Å². The maximum absolute atomic E-state index is 12.7. The lowest BCUT2D eigenvalue weighted by Gasteiger charge is -2.36. The van der Waals surface area contributed by atoms with Crippen LogP contribution in [0.2, 0.25) is 0 Å². The molecule has 0 radical (unpaired) electrons. The summed E-state index contributed by atoms with van der Waals surface area (Å²) in [6.07, 6.45) is -3.54. The zero-order valence-corrected chi connectivity index (χ0v) is 16.4. The molecule has 0 aliphatic carbocycles. The summed E-state index contributed by atoms with van der Waals surface area (Å²) in [5.41, 5.74) is 0.430. The van der Waals surface area contributed by atoms with Crippen LogP contribution < -0.4 is 10.2 Å². The zero-order chi connectivity index (χ0) is 21.0. The summed E-state index contributed by atoms with van der Waals surface area (Å²) in [5.74, 6) is 0.0991. The average Bonchev–Trinajstić information content (AvgIpc) is 2.73. The van der Waals surface area contributed by atoms with Gasteiger partial charge in [-0.2, -0.15) is 13.2 Å². The molecule has 1 N–H and O–H groups in total. The van der Waals surface area contributed by atoms with Crippen molar-refractivity contribution in [1.82, 2.24) is 9.88 Å². The molecule has 3 rings (SSSR count). The number of halogens is 3. The molecule has 0 saturated carbocycles. The summed E-state index contributed by atoms with van der Waals surface area (Å²) in [6.45, 7) is 2.38. The quantitative estimate of drug-likeness (QED) is 0.599. The number of carbonyl (C=O) groups excluding carboxylic acids is 1. The summed E-state index contributed by atoms with van der Waals surface area (Å²) in [5, 5.41) is 3.66. The maximum Gasteiger partial charge on any atom is 0.417 e. The molecule has 0 atom stereocenters. The van der Waals surface area contributed by atoms with Gasteiger partial charge >= 0.3 is 12.1 Å². The average molecular weight is 424 g/mol. The smallest absolute Gasteiger partial charge is 0.417 e. The highest BCUT2D eigenvalue weighted by Crippen LogP contribution is 2.29. The van der Waals surface area contributed by atoms with Crippen molar-refractivity contribution < 1.29 is 22.7 Å². The molecule has 6 nitrogen and oxygen atoms in total. The number of anilines is 2. The lowest BCUT2D eigenvalue weighted by Crippen LogP contribution is -2.50. The molecule has 1 aromatic carbocycles. The first-order valence-corrected chi connectivity index (χ1v) is 9.21. The number of carbonyl (C=O) groups is 1. The van der Waals surface area contributed by atoms with Gasteiger partial charge in [-0.05, 0) is 48.6 Å². The number of pyridine rings is 1. The molecule has 1 aliphatic heterocycles. The molecular formula is C19H19F3N4O2S. The first-order valence-electron chi connectivity index (χ1n) is 8.80. The van der Waals surface area contributed by atoms with E-state index in [-0.39, 0.29) is 0 Å². The normalized spacial score (nSPS) is 14.5. The molecule has 0 amide bonds. The predicted molar refractivity (Wildman–Crippen MR) is 107 cm³/mol. The fourth-order valence-electron chi connectivity index (χ4n) is 2.89. The van der Waals surface area contributed by atoms with E-state index < -0.39 is 17.7 Å². The molecule has 0 spiro atoms. The third-order valence-corrected chi connectivity index (χ3v) is 4.88. The molecule has 1 aromatic heterocycles. The Bertz CT molecular complexity index is 865. The Morgan fingerprint density at radius 3 is 2.28 bits per heavy atom. The van der Waals surface area contributed by atoms with Gasteiger partial charge in [0, 0.05) is 38.1 Å². The van der Waals surface area contributed by atoms with Gasteiger partial charge in [0.25, 0.3) is 0 Å². The number of hydrogen-bond donors (Lipinski definition) is 1. The second kappa shape index (κ2) is 8.64. The van der Waals surface area contributed by atoms with Crippen molar-refractivity contribution in [3.63, 3.8) is 0 Å². The van der Waals surface area contributed by atoms with Crippen LogP contribution in [-0.4, -0.2) is 54.3 Å². The van der Waals surface area contributed by atoms with Gasteiger partial charge in [0.1, 0.15) is 5.82 Å². The number of rotatable bonds is 3. The van der Waals surface area contributed by atoms with E-state index in [1.807, 2.05) is 9.80 Å². The Kier molecular flexibility index (Phi) is 6.21. The monoisotopic (exact) mass is 424 g/mol. The molecule has 154 valence electrons. The van der Waals surface area contributed by atoms with Gasteiger partial charge in [-0.25, -0.2) is 9.78 Å². The van der Waals surface area contributed by atoms with E-state index in [1.54, 1.807) is 24.3 Å². The van der Waals surface area contributed by atoms with Crippen molar-refractivity contribution in [2.45, 2.75) is 6.18 Å². The summed E-state index contributed by atoms with van der Waals surface area (Å²) >= 11 is 5.44. The Hall–Kier alpha value is -2.88. The third-order valence-electron chi connectivity index (χ3n) is 4.52. The first kappa shape index (κ1) is 20.8. The van der Waals surface area contributed by atoms with Gasteiger partial charge in [-0.15, -0.1) is 0 Å². The molecular weight excluding hydrogens is 405 g/mol. The van der Waals surface area contributed by atoms with Crippen molar-refractivity contribution in [3.8, 4) is 0 Å². The van der Waals surface area contributed by atoms with Crippen LogP contribution >= 0.6 is 12.2 Å². The van der Waals surface area contributed by atoms with E-state index in [1.165, 1.54) is 13.2 Å². The molecule has 0 bridgehead atoms. The highest BCUT2D eigenvalue weighted by molar-refractivity contribution is 7.80. The number of esters is 1. The first-order chi connectivity index (χ1) is 13.8. The van der Waals surface area contributed by atoms with Crippen molar-refractivity contribution in [1.29, 1.82) is 0 Å². The van der Waals surface area contributed by atoms with Crippen LogP contribution in [0.5, 0.6) is 0 Å². The van der Waals surface area contributed by atoms with Gasteiger partial charge in [0.05, 0.1) is 18.2 Å². The SMILES string of the molecule is COC(=O)c1ccc(NC(=S)N2CCN(c3ccc(C(F)(F)F)cn3)CC2)cc1. The highest BCUT2D eigenvalue weighted by Gasteiger charge is 2.31. The number of nitrogens with one attached hydrogen (secondary N) is 1. The Morgan fingerprint density at radius 1 is 1.10 bits per heavy atom. The highest BCUT2D eigenvalue weighted by atomic mass is 32.1. The summed E-state index contributed by atoms with van der Waals surface area (Å²) in [7, 11) is 1.32. The van der Waals surface area contributed by atoms with Crippen LogP contribution in [-0.2, 0) is 10.9 Å². The van der Waals surface area contributed by atoms with E-state index >= 15 is 0 Å². The number of hydrogen-bond acceptors (Lipinski definition) is 5. The molecule has 2 aromatic rings. The van der Waals surface area contributed by atoms with E-state index in [0.717, 1.165) is 18.0 Å². The lowest BCUT2D eigenvalue weighted by atomic mass is 10.2. The number of thiocarbonyl (C=S) groups is 1. The van der Waals surface area contributed by atoms with Gasteiger partial charge in [0.2, 0.25) is 0 Å². The molecule has 1 aliphatic rings. The number of nitrogens with zero attached hydrogens (tertiary/aromatic N) is 3. The largest absolute Gasteiger partial charge is 0.465 e. The van der Waals surface area contributed by atoms with Crippen LogP contribution in [0.15, 0.2) is 42.6 Å². The summed E-state index contributed by atoms with van der Waals surface area (Å²) in [4.78, 5) is 19.3. The molecule has 29 heavy (non-hydrogen) atoms. The second-order valence-corrected chi connectivity index (χ2v) is 6.76. The summed E-state index contributed by atoms with van der Waals surface area (Å²) in [6, 6.07) is 9.19. The topological polar surface area (TPSA) is 57.7 Å². The van der Waals surface area contributed by atoms with Crippen molar-refractivity contribution in [2.75, 3.05) is 43.5 Å². The minimum atomic E-state index is -4.39. The number of aromatic nitrogens is 1. The van der Waals surface area contributed by atoms with Crippen LogP contribution in [0.3, 0.4) is 0 Å². The van der Waals surface area contributed by atoms with E-state index in [2.05, 4.69) is 15.0 Å². The standard InChI is InChI=1S/C19H19F3N4O2S/c1-28-17(27)13-2-5-15(6-3-13)24-18(29)26-10-8-25(9-11-26)16-7-4-14(12-23-16)19(20,21)22/h2-7,12H,8-11H2,1H3,(H,24,29). The summed E-state index contributed by atoms with van der Waals surface area (Å²) < 4.78 is 42.6. The van der Waals surface area contributed by atoms with Crippen LogP contribution in [0.4, 0.5) is 24.7 Å². The number of methoxy groups -OCH3 is 1. The van der Waals surface area contributed by atoms with Crippen LogP contribution in [0.25, 0.3) is 0 Å².